The molecular formula is C20H22N2O5S. The molecule has 2 aromatic carbocycles. The van der Waals surface area contributed by atoms with E-state index < -0.39 is 10.0 Å². The number of rotatable bonds is 8. The summed E-state index contributed by atoms with van der Waals surface area (Å²) in [5, 5.41) is 0. The van der Waals surface area contributed by atoms with Crippen molar-refractivity contribution >= 4 is 10.0 Å². The van der Waals surface area contributed by atoms with Crippen LogP contribution in [0.15, 0.2) is 58.0 Å². The Bertz CT molecular complexity index is 1040. The first-order valence-electron chi connectivity index (χ1n) is 8.66. The maximum absolute atomic E-state index is 12.5. The van der Waals surface area contributed by atoms with E-state index in [1.54, 1.807) is 57.7 Å². The number of aromatic nitrogens is 1. The van der Waals surface area contributed by atoms with Crippen LogP contribution in [0.5, 0.6) is 11.5 Å². The van der Waals surface area contributed by atoms with E-state index in [0.717, 1.165) is 11.1 Å². The molecule has 148 valence electrons. The van der Waals surface area contributed by atoms with Gasteiger partial charge in [-0.05, 0) is 48.4 Å². The predicted molar refractivity (Wildman–Crippen MR) is 105 cm³/mol. The fraction of sp³-hybridized carbons (Fsp3) is 0.250. The predicted octanol–water partition coefficient (Wildman–Crippen LogP) is 3.19. The van der Waals surface area contributed by atoms with E-state index in [-0.39, 0.29) is 11.4 Å². The molecule has 7 nitrogen and oxygen atoms in total. The van der Waals surface area contributed by atoms with Crippen LogP contribution in [0.1, 0.15) is 11.5 Å². The third kappa shape index (κ3) is 4.52. The van der Waals surface area contributed by atoms with Gasteiger partial charge in [0.15, 0.2) is 23.1 Å². The molecule has 1 N–H and O–H groups in total. The molecule has 8 heteroatoms. The van der Waals surface area contributed by atoms with Gasteiger partial charge in [-0.1, -0.05) is 6.07 Å². The molecule has 0 aliphatic heterocycles. The monoisotopic (exact) mass is 402 g/mol. The van der Waals surface area contributed by atoms with E-state index in [4.69, 9.17) is 13.9 Å². The number of benzene rings is 2. The number of methoxy groups -OCH3 is 2. The third-order valence-corrected chi connectivity index (χ3v) is 5.70. The van der Waals surface area contributed by atoms with Gasteiger partial charge in [-0.3, -0.25) is 0 Å². The Labute approximate surface area is 164 Å². The Kier molecular flexibility index (Phi) is 6.01. The maximum atomic E-state index is 12.5. The summed E-state index contributed by atoms with van der Waals surface area (Å²) < 4.78 is 43.5. The standard InChI is InChI=1S/C20H22N2O5S/c1-14-21-13-20(27-14)16-5-7-17(8-6-16)28(23,24)22-11-10-15-4-9-18(25-2)19(12-15)26-3/h4-9,12-13,22H,10-11H2,1-3H3. The Morgan fingerprint density at radius 2 is 1.75 bits per heavy atom. The van der Waals surface area contributed by atoms with E-state index >= 15 is 0 Å². The molecule has 0 saturated carbocycles. The first kappa shape index (κ1) is 19.9. The minimum Gasteiger partial charge on any atom is -0.493 e. The lowest BCUT2D eigenvalue weighted by Crippen LogP contribution is -2.26. The number of ether oxygens (including phenoxy) is 2. The zero-order chi connectivity index (χ0) is 20.1. The summed E-state index contributed by atoms with van der Waals surface area (Å²) in [7, 11) is -0.471. The first-order chi connectivity index (χ1) is 13.4. The number of oxazole rings is 1. The lowest BCUT2D eigenvalue weighted by molar-refractivity contribution is 0.354. The molecule has 0 fully saturated rings. The molecule has 3 aromatic rings. The molecule has 0 unspecified atom stereocenters. The molecule has 0 bridgehead atoms. The van der Waals surface area contributed by atoms with Crippen LogP contribution in [0.25, 0.3) is 11.3 Å². The van der Waals surface area contributed by atoms with E-state index in [1.165, 1.54) is 0 Å². The first-order valence-corrected chi connectivity index (χ1v) is 10.1. The second-order valence-corrected chi connectivity index (χ2v) is 7.87. The van der Waals surface area contributed by atoms with Crippen molar-refractivity contribution in [3.8, 4) is 22.8 Å². The minimum atomic E-state index is -3.60. The minimum absolute atomic E-state index is 0.194. The lowest BCUT2D eigenvalue weighted by Gasteiger charge is -2.10. The zero-order valence-electron chi connectivity index (χ0n) is 15.9. The molecule has 0 radical (unpaired) electrons. The SMILES string of the molecule is COc1ccc(CCNS(=O)(=O)c2ccc(-c3cnc(C)o3)cc2)cc1OC. The van der Waals surface area contributed by atoms with Gasteiger partial charge in [-0.15, -0.1) is 0 Å². The highest BCUT2D eigenvalue weighted by Crippen LogP contribution is 2.27. The molecule has 3 rings (SSSR count). The van der Waals surface area contributed by atoms with Crippen LogP contribution in [0.4, 0.5) is 0 Å². The van der Waals surface area contributed by atoms with Gasteiger partial charge in [0.2, 0.25) is 10.0 Å². The summed E-state index contributed by atoms with van der Waals surface area (Å²) in [6, 6.07) is 12.0. The van der Waals surface area contributed by atoms with Gasteiger partial charge in [0.25, 0.3) is 0 Å². The average Bonchev–Trinajstić information content (AvgIpc) is 3.14. The van der Waals surface area contributed by atoms with Gasteiger partial charge < -0.3 is 13.9 Å². The Morgan fingerprint density at radius 3 is 2.36 bits per heavy atom. The van der Waals surface area contributed by atoms with E-state index in [1.807, 2.05) is 12.1 Å². The highest BCUT2D eigenvalue weighted by atomic mass is 32.2. The van der Waals surface area contributed by atoms with E-state index in [9.17, 15) is 8.42 Å². The van der Waals surface area contributed by atoms with Crippen LogP contribution in [-0.2, 0) is 16.4 Å². The van der Waals surface area contributed by atoms with Crippen LogP contribution < -0.4 is 14.2 Å². The molecule has 28 heavy (non-hydrogen) atoms. The molecule has 0 spiro atoms. The van der Waals surface area contributed by atoms with E-state index in [0.29, 0.717) is 29.6 Å². The van der Waals surface area contributed by atoms with Gasteiger partial charge in [0, 0.05) is 19.0 Å². The second-order valence-electron chi connectivity index (χ2n) is 6.11. The smallest absolute Gasteiger partial charge is 0.240 e. The van der Waals surface area contributed by atoms with Crippen molar-refractivity contribution in [1.82, 2.24) is 9.71 Å². The molecule has 0 aliphatic carbocycles. The van der Waals surface area contributed by atoms with Gasteiger partial charge >= 0.3 is 0 Å². The van der Waals surface area contributed by atoms with Crippen LogP contribution in [-0.4, -0.2) is 34.2 Å². The maximum Gasteiger partial charge on any atom is 0.240 e. The highest BCUT2D eigenvalue weighted by Gasteiger charge is 2.14. The number of aryl methyl sites for hydroxylation is 1. The van der Waals surface area contributed by atoms with Crippen LogP contribution in [0, 0.1) is 6.92 Å². The molecule has 0 amide bonds. The fourth-order valence-electron chi connectivity index (χ4n) is 2.74. The second kappa shape index (κ2) is 8.45. The molecule has 1 aromatic heterocycles. The number of nitrogens with zero attached hydrogens (tertiary/aromatic N) is 1. The Balaban J connectivity index is 1.64. The van der Waals surface area contributed by atoms with Crippen LogP contribution in [0.3, 0.4) is 0 Å². The molecule has 0 aliphatic rings. The van der Waals surface area contributed by atoms with Gasteiger partial charge in [-0.25, -0.2) is 18.1 Å². The summed E-state index contributed by atoms with van der Waals surface area (Å²) >= 11 is 0. The summed E-state index contributed by atoms with van der Waals surface area (Å²) in [6.07, 6.45) is 2.13. The normalized spacial score (nSPS) is 11.4. The zero-order valence-corrected chi connectivity index (χ0v) is 16.7. The Morgan fingerprint density at radius 1 is 1.04 bits per heavy atom. The van der Waals surface area contributed by atoms with Crippen molar-refractivity contribution in [2.24, 2.45) is 0 Å². The lowest BCUT2D eigenvalue weighted by atomic mass is 10.1. The average molecular weight is 402 g/mol. The van der Waals surface area contributed by atoms with Crippen molar-refractivity contribution in [3.63, 3.8) is 0 Å². The largest absolute Gasteiger partial charge is 0.493 e. The van der Waals surface area contributed by atoms with Crippen molar-refractivity contribution < 1.29 is 22.3 Å². The van der Waals surface area contributed by atoms with Crippen molar-refractivity contribution in [3.05, 3.63) is 60.1 Å². The van der Waals surface area contributed by atoms with Gasteiger partial charge in [-0.2, -0.15) is 0 Å². The highest BCUT2D eigenvalue weighted by molar-refractivity contribution is 7.89. The van der Waals surface area contributed by atoms with Crippen molar-refractivity contribution in [2.75, 3.05) is 20.8 Å². The topological polar surface area (TPSA) is 90.7 Å². The Hall–Kier alpha value is -2.84. The number of hydrogen-bond acceptors (Lipinski definition) is 6. The summed E-state index contributed by atoms with van der Waals surface area (Å²) in [5.74, 6) is 2.40. The molecule has 0 saturated heterocycles. The van der Waals surface area contributed by atoms with Gasteiger partial charge in [0.1, 0.15) is 0 Å². The van der Waals surface area contributed by atoms with Crippen molar-refractivity contribution in [2.45, 2.75) is 18.2 Å². The molecule has 1 heterocycles. The third-order valence-electron chi connectivity index (χ3n) is 4.22. The van der Waals surface area contributed by atoms with Crippen LogP contribution in [0.2, 0.25) is 0 Å². The van der Waals surface area contributed by atoms with Gasteiger partial charge in [0.05, 0.1) is 25.3 Å². The summed E-state index contributed by atoms with van der Waals surface area (Å²) in [5.41, 5.74) is 1.71. The molecular weight excluding hydrogens is 380 g/mol. The van der Waals surface area contributed by atoms with E-state index in [2.05, 4.69) is 9.71 Å². The number of sulfonamides is 1. The van der Waals surface area contributed by atoms with Crippen molar-refractivity contribution in [1.29, 1.82) is 0 Å². The fourth-order valence-corrected chi connectivity index (χ4v) is 3.77. The quantitative estimate of drug-likeness (QED) is 0.622. The number of nitrogens with one attached hydrogen (secondary N) is 1. The van der Waals surface area contributed by atoms with Crippen LogP contribution >= 0.6 is 0 Å². The summed E-state index contributed by atoms with van der Waals surface area (Å²) in [6.45, 7) is 2.02. The number of hydrogen-bond donors (Lipinski definition) is 1. The molecule has 0 atom stereocenters. The summed E-state index contributed by atoms with van der Waals surface area (Å²) in [4.78, 5) is 4.24.